The number of ether oxygens (including phenoxy) is 1. The van der Waals surface area contributed by atoms with Crippen LogP contribution in [0.5, 0.6) is 0 Å². The van der Waals surface area contributed by atoms with Gasteiger partial charge in [0.1, 0.15) is 6.10 Å². The number of carbonyl (C=O) groups is 1. The summed E-state index contributed by atoms with van der Waals surface area (Å²) in [7, 11) is 3.41. The first-order valence-electron chi connectivity index (χ1n) is 3.74. The molecule has 2 unspecified atom stereocenters. The monoisotopic (exact) mass is 171 g/mol. The number of amidine groups is 1. The summed E-state index contributed by atoms with van der Waals surface area (Å²) in [6.07, 6.45) is 0.365. The number of rotatable bonds is 3. The first-order valence-corrected chi connectivity index (χ1v) is 3.74. The van der Waals surface area contributed by atoms with Crippen LogP contribution in [0.15, 0.2) is 5.10 Å². The van der Waals surface area contributed by atoms with Crippen molar-refractivity contribution in [3.8, 4) is 0 Å². The van der Waals surface area contributed by atoms with Gasteiger partial charge in [-0.15, -0.1) is 0 Å². The largest absolute Gasteiger partial charge is 0.374 e. The minimum atomic E-state index is -0.349. The van der Waals surface area contributed by atoms with E-state index in [1.165, 1.54) is 0 Å². The first kappa shape index (κ1) is 8.99. The fraction of sp³-hybridized carbons (Fsp3) is 0.714. The molecule has 68 valence electrons. The van der Waals surface area contributed by atoms with Gasteiger partial charge in [0, 0.05) is 14.2 Å². The highest BCUT2D eigenvalue weighted by Gasteiger charge is 2.26. The lowest BCUT2D eigenvalue weighted by atomic mass is 10.3. The van der Waals surface area contributed by atoms with E-state index in [-0.39, 0.29) is 12.3 Å². The molecule has 0 saturated carbocycles. The van der Waals surface area contributed by atoms with E-state index in [0.29, 0.717) is 0 Å². The lowest BCUT2D eigenvalue weighted by Gasteiger charge is -2.20. The summed E-state index contributed by atoms with van der Waals surface area (Å²) in [5, 5.41) is 3.98. The number of carbonyl (C=O) groups excluding carboxylic acids is 1. The fourth-order valence-corrected chi connectivity index (χ4v) is 1.05. The Labute approximate surface area is 71.4 Å². The second-order valence-corrected chi connectivity index (χ2v) is 2.67. The molecule has 1 N–H and O–H groups in total. The summed E-state index contributed by atoms with van der Waals surface area (Å²) in [4.78, 5) is 12.2. The van der Waals surface area contributed by atoms with Gasteiger partial charge >= 0.3 is 0 Å². The summed E-state index contributed by atoms with van der Waals surface area (Å²) in [6, 6.07) is 0. The van der Waals surface area contributed by atoms with Gasteiger partial charge in [0.25, 0.3) is 0 Å². The van der Waals surface area contributed by atoms with E-state index in [1.807, 2.05) is 6.92 Å². The van der Waals surface area contributed by atoms with Crippen LogP contribution in [0.2, 0.25) is 0 Å². The van der Waals surface area contributed by atoms with Gasteiger partial charge in [0.15, 0.2) is 18.3 Å². The Balaban J connectivity index is 2.63. The Bertz CT molecular complexity index is 205. The van der Waals surface area contributed by atoms with Crippen LogP contribution in [0.1, 0.15) is 6.92 Å². The molecule has 0 fully saturated rings. The standard InChI is InChI=1S/C7H13N3O2/c1-5(12-3)7-9-8-6(4-11)10(7)2/h4-6,8H,1-3H3. The van der Waals surface area contributed by atoms with Gasteiger partial charge in [-0.05, 0) is 6.92 Å². The molecule has 0 bridgehead atoms. The van der Waals surface area contributed by atoms with Crippen molar-refractivity contribution in [1.82, 2.24) is 10.3 Å². The molecule has 5 heteroatoms. The predicted octanol–water partition coefficient (Wildman–Crippen LogP) is -0.605. The number of methoxy groups -OCH3 is 1. The van der Waals surface area contributed by atoms with Crippen molar-refractivity contribution in [2.45, 2.75) is 19.2 Å². The Kier molecular flexibility index (Phi) is 2.65. The van der Waals surface area contributed by atoms with Crippen molar-refractivity contribution >= 4 is 12.1 Å². The van der Waals surface area contributed by atoms with Gasteiger partial charge in [-0.25, -0.2) is 0 Å². The van der Waals surface area contributed by atoms with Gasteiger partial charge in [-0.1, -0.05) is 0 Å². The number of likely N-dealkylation sites (N-methyl/N-ethyl adjacent to an activating group) is 1. The van der Waals surface area contributed by atoms with E-state index in [2.05, 4.69) is 10.5 Å². The van der Waals surface area contributed by atoms with Crippen molar-refractivity contribution in [3.63, 3.8) is 0 Å². The lowest BCUT2D eigenvalue weighted by Crippen LogP contribution is -2.41. The van der Waals surface area contributed by atoms with Crippen LogP contribution in [0.4, 0.5) is 0 Å². The van der Waals surface area contributed by atoms with Gasteiger partial charge in [-0.3, -0.25) is 10.2 Å². The first-order chi connectivity index (χ1) is 5.70. The molecular weight excluding hydrogens is 158 g/mol. The Morgan fingerprint density at radius 2 is 2.50 bits per heavy atom. The Morgan fingerprint density at radius 1 is 1.83 bits per heavy atom. The topological polar surface area (TPSA) is 53.9 Å². The number of nitrogens with one attached hydrogen (secondary N) is 1. The van der Waals surface area contributed by atoms with Crippen molar-refractivity contribution in [3.05, 3.63) is 0 Å². The van der Waals surface area contributed by atoms with Crippen LogP contribution < -0.4 is 5.43 Å². The van der Waals surface area contributed by atoms with Gasteiger partial charge in [-0.2, -0.15) is 5.10 Å². The highest BCUT2D eigenvalue weighted by atomic mass is 16.5. The maximum absolute atomic E-state index is 10.5. The molecule has 5 nitrogen and oxygen atoms in total. The molecule has 0 radical (unpaired) electrons. The molecule has 0 saturated heterocycles. The average molecular weight is 171 g/mol. The zero-order valence-electron chi connectivity index (χ0n) is 7.44. The maximum Gasteiger partial charge on any atom is 0.172 e. The van der Waals surface area contributed by atoms with Crippen LogP contribution in [-0.2, 0) is 9.53 Å². The van der Waals surface area contributed by atoms with Crippen LogP contribution >= 0.6 is 0 Å². The van der Waals surface area contributed by atoms with Crippen molar-refractivity contribution in [1.29, 1.82) is 0 Å². The van der Waals surface area contributed by atoms with Gasteiger partial charge < -0.3 is 9.64 Å². The second kappa shape index (κ2) is 3.53. The number of aldehydes is 1. The highest BCUT2D eigenvalue weighted by Crippen LogP contribution is 2.06. The summed E-state index contributed by atoms with van der Waals surface area (Å²) in [6.45, 7) is 1.88. The maximum atomic E-state index is 10.5. The van der Waals surface area contributed by atoms with Crippen LogP contribution in [-0.4, -0.2) is 43.4 Å². The van der Waals surface area contributed by atoms with E-state index in [9.17, 15) is 4.79 Å². The number of hydrazone groups is 1. The second-order valence-electron chi connectivity index (χ2n) is 2.67. The molecule has 0 aliphatic carbocycles. The van der Waals surface area contributed by atoms with Crippen molar-refractivity contribution < 1.29 is 9.53 Å². The zero-order valence-corrected chi connectivity index (χ0v) is 7.44. The number of hydrogen-bond acceptors (Lipinski definition) is 5. The normalized spacial score (nSPS) is 24.8. The van der Waals surface area contributed by atoms with Crippen LogP contribution in [0.25, 0.3) is 0 Å². The minimum Gasteiger partial charge on any atom is -0.374 e. The molecule has 1 aliphatic rings. The quantitative estimate of drug-likeness (QED) is 0.576. The molecule has 0 spiro atoms. The molecule has 0 amide bonds. The smallest absolute Gasteiger partial charge is 0.172 e. The van der Waals surface area contributed by atoms with Gasteiger partial charge in [0.05, 0.1) is 0 Å². The van der Waals surface area contributed by atoms with Gasteiger partial charge in [0.2, 0.25) is 0 Å². The lowest BCUT2D eigenvalue weighted by molar-refractivity contribution is -0.111. The van der Waals surface area contributed by atoms with E-state index in [1.54, 1.807) is 19.1 Å². The number of hydrogen-bond donors (Lipinski definition) is 1. The van der Waals surface area contributed by atoms with Crippen molar-refractivity contribution in [2.75, 3.05) is 14.2 Å². The molecule has 1 aliphatic heterocycles. The SMILES string of the molecule is COC(C)C1=NNC(C=O)N1C. The number of nitrogens with zero attached hydrogens (tertiary/aromatic N) is 2. The van der Waals surface area contributed by atoms with E-state index in [0.717, 1.165) is 12.1 Å². The van der Waals surface area contributed by atoms with E-state index >= 15 is 0 Å². The summed E-state index contributed by atoms with van der Waals surface area (Å²) in [5.41, 5.74) is 2.69. The fourth-order valence-electron chi connectivity index (χ4n) is 1.05. The molecule has 0 aromatic rings. The molecule has 2 atom stereocenters. The minimum absolute atomic E-state index is 0.0903. The summed E-state index contributed by atoms with van der Waals surface area (Å²) >= 11 is 0. The Hall–Kier alpha value is -1.10. The molecule has 1 heterocycles. The molecular formula is C7H13N3O2. The third-order valence-electron chi connectivity index (χ3n) is 1.94. The van der Waals surface area contributed by atoms with Crippen LogP contribution in [0, 0.1) is 0 Å². The van der Waals surface area contributed by atoms with E-state index < -0.39 is 0 Å². The third-order valence-corrected chi connectivity index (χ3v) is 1.94. The molecule has 0 aromatic heterocycles. The summed E-state index contributed by atoms with van der Waals surface area (Å²) in [5.74, 6) is 0.745. The summed E-state index contributed by atoms with van der Waals surface area (Å²) < 4.78 is 5.07. The molecule has 1 rings (SSSR count). The third kappa shape index (κ3) is 1.40. The van der Waals surface area contributed by atoms with Crippen molar-refractivity contribution in [2.24, 2.45) is 5.10 Å². The van der Waals surface area contributed by atoms with Crippen LogP contribution in [0.3, 0.4) is 0 Å². The average Bonchev–Trinajstić information content (AvgIpc) is 2.45. The molecule has 12 heavy (non-hydrogen) atoms. The molecule has 0 aromatic carbocycles. The Morgan fingerprint density at radius 3 is 2.92 bits per heavy atom. The zero-order chi connectivity index (χ0) is 9.14. The predicted molar refractivity (Wildman–Crippen MR) is 44.7 cm³/mol. The highest BCUT2D eigenvalue weighted by molar-refractivity contribution is 5.89. The van der Waals surface area contributed by atoms with E-state index in [4.69, 9.17) is 4.74 Å².